The lowest BCUT2D eigenvalue weighted by Gasteiger charge is -2.09. The highest BCUT2D eigenvalue weighted by Gasteiger charge is 2.15. The van der Waals surface area contributed by atoms with Gasteiger partial charge in [0, 0.05) is 20.7 Å². The van der Waals surface area contributed by atoms with Gasteiger partial charge in [-0.1, -0.05) is 45.7 Å². The molecule has 0 aromatic heterocycles. The van der Waals surface area contributed by atoms with Crippen molar-refractivity contribution in [3.8, 4) is 5.75 Å². The van der Waals surface area contributed by atoms with E-state index in [1.54, 1.807) is 54.6 Å². The summed E-state index contributed by atoms with van der Waals surface area (Å²) in [5, 5.41) is 6.73. The van der Waals surface area contributed by atoms with E-state index in [1.165, 1.54) is 6.21 Å². The average Bonchev–Trinajstić information content (AvgIpc) is 2.77. The Labute approximate surface area is 197 Å². The standard InChI is InChI=1S/C23H17BrClN3O4/c1-14-4-2-3-5-19(14)23(31)32-20-11-6-16(24)12-15(20)13-26-28-22(30)21(29)27-18-9-7-17(25)8-10-18/h2-13H,1H3,(H,27,29)(H,28,30)/b26-13-. The van der Waals surface area contributed by atoms with Crippen molar-refractivity contribution >= 4 is 57.2 Å². The Kier molecular flexibility index (Phi) is 7.75. The number of nitrogens with one attached hydrogen (secondary N) is 2. The molecular formula is C23H17BrClN3O4. The van der Waals surface area contributed by atoms with Crippen LogP contribution >= 0.6 is 27.5 Å². The number of amides is 2. The Bertz CT molecular complexity index is 1200. The number of benzene rings is 3. The molecule has 3 aromatic carbocycles. The predicted octanol–water partition coefficient (Wildman–Crippen LogP) is 4.72. The summed E-state index contributed by atoms with van der Waals surface area (Å²) in [6, 6.07) is 18.3. The molecule has 0 aliphatic heterocycles. The van der Waals surface area contributed by atoms with Crippen LogP contribution in [0.25, 0.3) is 0 Å². The zero-order valence-corrected chi connectivity index (χ0v) is 19.1. The molecule has 162 valence electrons. The first-order valence-electron chi connectivity index (χ1n) is 9.31. The van der Waals surface area contributed by atoms with Crippen LogP contribution in [0.3, 0.4) is 0 Å². The minimum absolute atomic E-state index is 0.241. The fourth-order valence-electron chi connectivity index (χ4n) is 2.60. The minimum atomic E-state index is -0.968. The monoisotopic (exact) mass is 513 g/mol. The molecule has 0 spiro atoms. The lowest BCUT2D eigenvalue weighted by Crippen LogP contribution is -2.32. The molecule has 3 aromatic rings. The highest BCUT2D eigenvalue weighted by atomic mass is 79.9. The van der Waals surface area contributed by atoms with Crippen LogP contribution in [0.1, 0.15) is 21.5 Å². The topological polar surface area (TPSA) is 96.9 Å². The minimum Gasteiger partial charge on any atom is -0.422 e. The Morgan fingerprint density at radius 3 is 2.44 bits per heavy atom. The van der Waals surface area contributed by atoms with Gasteiger partial charge in [0.1, 0.15) is 5.75 Å². The van der Waals surface area contributed by atoms with Crippen molar-refractivity contribution in [2.75, 3.05) is 5.32 Å². The summed E-state index contributed by atoms with van der Waals surface area (Å²) in [4.78, 5) is 36.5. The van der Waals surface area contributed by atoms with Crippen LogP contribution in [-0.2, 0) is 9.59 Å². The molecular weight excluding hydrogens is 498 g/mol. The second-order valence-corrected chi connectivity index (χ2v) is 7.90. The van der Waals surface area contributed by atoms with Crippen LogP contribution < -0.4 is 15.5 Å². The van der Waals surface area contributed by atoms with Gasteiger partial charge in [0.2, 0.25) is 0 Å². The van der Waals surface area contributed by atoms with E-state index in [4.69, 9.17) is 16.3 Å². The lowest BCUT2D eigenvalue weighted by atomic mass is 10.1. The van der Waals surface area contributed by atoms with Gasteiger partial charge in [-0.3, -0.25) is 9.59 Å². The van der Waals surface area contributed by atoms with E-state index < -0.39 is 17.8 Å². The first-order chi connectivity index (χ1) is 15.3. The molecule has 7 nitrogen and oxygen atoms in total. The summed E-state index contributed by atoms with van der Waals surface area (Å²) < 4.78 is 6.22. The van der Waals surface area contributed by atoms with Crippen molar-refractivity contribution in [1.82, 2.24) is 5.43 Å². The molecule has 0 atom stereocenters. The number of aryl methyl sites for hydroxylation is 1. The molecule has 0 saturated heterocycles. The van der Waals surface area contributed by atoms with E-state index >= 15 is 0 Å². The number of rotatable bonds is 5. The average molecular weight is 515 g/mol. The maximum atomic E-state index is 12.5. The van der Waals surface area contributed by atoms with Gasteiger partial charge in [-0.05, 0) is 61.0 Å². The van der Waals surface area contributed by atoms with E-state index in [9.17, 15) is 14.4 Å². The summed E-state index contributed by atoms with van der Waals surface area (Å²) in [7, 11) is 0. The highest BCUT2D eigenvalue weighted by Crippen LogP contribution is 2.23. The Hall–Kier alpha value is -3.49. The summed E-state index contributed by atoms with van der Waals surface area (Å²) in [6.45, 7) is 1.81. The summed E-state index contributed by atoms with van der Waals surface area (Å²) in [5.74, 6) is -2.15. The summed E-state index contributed by atoms with van der Waals surface area (Å²) in [5.41, 5.74) is 4.19. The van der Waals surface area contributed by atoms with Gasteiger partial charge in [-0.2, -0.15) is 5.10 Å². The van der Waals surface area contributed by atoms with E-state index in [0.717, 1.165) is 5.56 Å². The van der Waals surface area contributed by atoms with Crippen molar-refractivity contribution in [1.29, 1.82) is 0 Å². The number of halogens is 2. The third-order valence-corrected chi connectivity index (χ3v) is 4.96. The number of hydrazone groups is 1. The van der Waals surface area contributed by atoms with Crippen molar-refractivity contribution in [2.45, 2.75) is 6.92 Å². The van der Waals surface area contributed by atoms with E-state index in [2.05, 4.69) is 31.8 Å². The van der Waals surface area contributed by atoms with Crippen LogP contribution in [0.5, 0.6) is 5.75 Å². The van der Waals surface area contributed by atoms with Crippen LogP contribution in [0.4, 0.5) is 5.69 Å². The zero-order chi connectivity index (χ0) is 23.1. The van der Waals surface area contributed by atoms with Crippen LogP contribution in [0.15, 0.2) is 76.3 Å². The molecule has 0 saturated carbocycles. The van der Waals surface area contributed by atoms with E-state index in [-0.39, 0.29) is 5.75 Å². The number of hydrogen-bond acceptors (Lipinski definition) is 5. The number of hydrogen-bond donors (Lipinski definition) is 2. The van der Waals surface area contributed by atoms with Gasteiger partial charge in [-0.25, -0.2) is 10.2 Å². The van der Waals surface area contributed by atoms with Crippen LogP contribution in [0.2, 0.25) is 5.02 Å². The second kappa shape index (κ2) is 10.7. The summed E-state index contributed by atoms with van der Waals surface area (Å²) in [6.07, 6.45) is 1.28. The van der Waals surface area contributed by atoms with Crippen molar-refractivity contribution in [2.24, 2.45) is 5.10 Å². The van der Waals surface area contributed by atoms with Gasteiger partial charge in [-0.15, -0.1) is 0 Å². The molecule has 0 unspecified atom stereocenters. The van der Waals surface area contributed by atoms with Crippen LogP contribution in [-0.4, -0.2) is 24.0 Å². The van der Waals surface area contributed by atoms with Crippen molar-refractivity contribution < 1.29 is 19.1 Å². The van der Waals surface area contributed by atoms with Crippen LogP contribution in [0, 0.1) is 6.92 Å². The number of carbonyl (C=O) groups excluding carboxylic acids is 3. The largest absolute Gasteiger partial charge is 0.422 e. The van der Waals surface area contributed by atoms with E-state index in [0.29, 0.717) is 26.3 Å². The third-order valence-electron chi connectivity index (χ3n) is 4.22. The van der Waals surface area contributed by atoms with Gasteiger partial charge >= 0.3 is 17.8 Å². The molecule has 0 aliphatic carbocycles. The second-order valence-electron chi connectivity index (χ2n) is 6.55. The highest BCUT2D eigenvalue weighted by molar-refractivity contribution is 9.10. The van der Waals surface area contributed by atoms with Gasteiger partial charge < -0.3 is 10.1 Å². The van der Waals surface area contributed by atoms with Gasteiger partial charge in [0.05, 0.1) is 11.8 Å². The Morgan fingerprint density at radius 1 is 1.00 bits per heavy atom. The maximum absolute atomic E-state index is 12.5. The number of nitrogens with zero attached hydrogens (tertiary/aromatic N) is 1. The molecule has 0 fully saturated rings. The number of carbonyl (C=O) groups is 3. The number of anilines is 1. The SMILES string of the molecule is Cc1ccccc1C(=O)Oc1ccc(Br)cc1/C=N\NC(=O)C(=O)Nc1ccc(Cl)cc1. The predicted molar refractivity (Wildman–Crippen MR) is 126 cm³/mol. The molecule has 0 radical (unpaired) electrons. The molecule has 0 aliphatic rings. The van der Waals surface area contributed by atoms with Crippen molar-refractivity contribution in [3.05, 3.63) is 92.9 Å². The first kappa shape index (κ1) is 23.2. The molecule has 32 heavy (non-hydrogen) atoms. The van der Waals surface area contributed by atoms with Gasteiger partial charge in [0.15, 0.2) is 0 Å². The summed E-state index contributed by atoms with van der Waals surface area (Å²) >= 11 is 9.13. The maximum Gasteiger partial charge on any atom is 0.343 e. The van der Waals surface area contributed by atoms with E-state index in [1.807, 2.05) is 19.1 Å². The fourth-order valence-corrected chi connectivity index (χ4v) is 3.11. The Balaban J connectivity index is 1.67. The van der Waals surface area contributed by atoms with Gasteiger partial charge in [0.25, 0.3) is 0 Å². The fraction of sp³-hybridized carbons (Fsp3) is 0.0435. The molecule has 3 rings (SSSR count). The Morgan fingerprint density at radius 2 is 1.72 bits per heavy atom. The molecule has 2 amide bonds. The normalized spacial score (nSPS) is 10.6. The first-order valence-corrected chi connectivity index (χ1v) is 10.5. The molecule has 2 N–H and O–H groups in total. The molecule has 0 bridgehead atoms. The molecule has 9 heteroatoms. The quantitative estimate of drug-likeness (QED) is 0.169. The van der Waals surface area contributed by atoms with Crippen molar-refractivity contribution in [3.63, 3.8) is 0 Å². The smallest absolute Gasteiger partial charge is 0.343 e. The number of ether oxygens (including phenoxy) is 1. The zero-order valence-electron chi connectivity index (χ0n) is 16.8. The lowest BCUT2D eigenvalue weighted by molar-refractivity contribution is -0.136. The third kappa shape index (κ3) is 6.26. The molecule has 0 heterocycles. The number of esters is 1.